The van der Waals surface area contributed by atoms with Crippen LogP contribution < -0.4 is 14.4 Å². The van der Waals surface area contributed by atoms with Crippen molar-refractivity contribution in [1.29, 1.82) is 0 Å². The Morgan fingerprint density at radius 1 is 0.970 bits per heavy atom. The van der Waals surface area contributed by atoms with Gasteiger partial charge in [0.2, 0.25) is 10.0 Å². The van der Waals surface area contributed by atoms with Crippen LogP contribution >= 0.6 is 23.2 Å². The predicted molar refractivity (Wildman–Crippen MR) is 133 cm³/mol. The van der Waals surface area contributed by atoms with E-state index in [0.29, 0.717) is 40.2 Å². The zero-order valence-corrected chi connectivity index (χ0v) is 20.5. The summed E-state index contributed by atoms with van der Waals surface area (Å²) in [5, 5.41) is 3.96. The first kappa shape index (κ1) is 24.9. The van der Waals surface area contributed by atoms with Crippen molar-refractivity contribution in [3.05, 3.63) is 93.5 Å². The van der Waals surface area contributed by atoms with Crippen molar-refractivity contribution in [1.82, 2.24) is 5.32 Å². The largest absolute Gasteiger partial charge is 0.492 e. The molecule has 0 unspecified atom stereocenters. The Morgan fingerprint density at radius 3 is 2.21 bits per heavy atom. The van der Waals surface area contributed by atoms with Crippen LogP contribution in [0.5, 0.6) is 5.75 Å². The van der Waals surface area contributed by atoms with Crippen LogP contribution in [-0.2, 0) is 16.6 Å². The summed E-state index contributed by atoms with van der Waals surface area (Å²) in [6, 6.07) is 18.9. The second-order valence-electron chi connectivity index (χ2n) is 7.46. The molecule has 0 heterocycles. The number of anilines is 1. The van der Waals surface area contributed by atoms with Crippen molar-refractivity contribution in [2.75, 3.05) is 23.7 Å². The molecule has 0 aliphatic heterocycles. The van der Waals surface area contributed by atoms with E-state index in [2.05, 4.69) is 5.32 Å². The van der Waals surface area contributed by atoms with Crippen molar-refractivity contribution in [3.63, 3.8) is 0 Å². The van der Waals surface area contributed by atoms with Gasteiger partial charge < -0.3 is 10.1 Å². The van der Waals surface area contributed by atoms with Crippen LogP contribution in [0.4, 0.5) is 5.69 Å². The van der Waals surface area contributed by atoms with Crippen LogP contribution in [0.2, 0.25) is 10.0 Å². The lowest BCUT2D eigenvalue weighted by Crippen LogP contribution is -2.30. The first-order valence-corrected chi connectivity index (χ1v) is 12.7. The molecule has 1 amide bonds. The van der Waals surface area contributed by atoms with Crippen LogP contribution in [-0.4, -0.2) is 33.7 Å². The Labute approximate surface area is 204 Å². The number of aryl methyl sites for hydroxylation is 1. The number of rotatable bonds is 9. The molecule has 0 atom stereocenters. The summed E-state index contributed by atoms with van der Waals surface area (Å²) < 4.78 is 31.7. The lowest BCUT2D eigenvalue weighted by atomic mass is 10.1. The third-order valence-corrected chi connectivity index (χ3v) is 6.45. The number of nitrogens with one attached hydrogen (secondary N) is 1. The molecule has 0 saturated carbocycles. The summed E-state index contributed by atoms with van der Waals surface area (Å²) in [6.45, 7) is 2.59. The first-order chi connectivity index (χ1) is 15.6. The number of nitrogens with zero attached hydrogens (tertiary/aromatic N) is 1. The highest BCUT2D eigenvalue weighted by Gasteiger charge is 2.20. The van der Waals surface area contributed by atoms with Crippen LogP contribution in [0.15, 0.2) is 66.7 Å². The normalized spacial score (nSPS) is 11.2. The minimum Gasteiger partial charge on any atom is -0.492 e. The molecule has 33 heavy (non-hydrogen) atoms. The smallest absolute Gasteiger partial charge is 0.251 e. The average molecular weight is 507 g/mol. The van der Waals surface area contributed by atoms with Gasteiger partial charge in [0, 0.05) is 15.6 Å². The second kappa shape index (κ2) is 10.9. The van der Waals surface area contributed by atoms with Crippen molar-refractivity contribution >= 4 is 44.8 Å². The maximum atomic E-state index is 12.4. The van der Waals surface area contributed by atoms with Gasteiger partial charge in [0.1, 0.15) is 12.4 Å². The number of carbonyl (C=O) groups excluding carboxylic acids is 1. The molecule has 0 saturated heterocycles. The molecule has 3 rings (SSSR count). The average Bonchev–Trinajstić information content (AvgIpc) is 2.76. The van der Waals surface area contributed by atoms with Gasteiger partial charge >= 0.3 is 0 Å². The maximum Gasteiger partial charge on any atom is 0.251 e. The fourth-order valence-electron chi connectivity index (χ4n) is 3.17. The molecule has 6 nitrogen and oxygen atoms in total. The molecule has 3 aromatic carbocycles. The molecule has 3 aromatic rings. The quantitative estimate of drug-likeness (QED) is 0.410. The zero-order chi connectivity index (χ0) is 24.0. The van der Waals surface area contributed by atoms with Crippen molar-refractivity contribution in [3.8, 4) is 5.75 Å². The third-order valence-electron chi connectivity index (χ3n) is 4.84. The van der Waals surface area contributed by atoms with E-state index >= 15 is 0 Å². The summed E-state index contributed by atoms with van der Waals surface area (Å²) in [5.41, 5.74) is 2.53. The Bertz CT molecular complexity index is 1210. The fourth-order valence-corrected chi connectivity index (χ4v) is 4.47. The lowest BCUT2D eigenvalue weighted by molar-refractivity contribution is 0.0947. The summed E-state index contributed by atoms with van der Waals surface area (Å²) in [5.74, 6) is 0.430. The van der Waals surface area contributed by atoms with Gasteiger partial charge in [-0.25, -0.2) is 8.42 Å². The predicted octanol–water partition coefficient (Wildman–Crippen LogP) is 5.08. The van der Waals surface area contributed by atoms with E-state index in [4.69, 9.17) is 27.9 Å². The molecule has 174 valence electrons. The zero-order valence-electron chi connectivity index (χ0n) is 18.2. The van der Waals surface area contributed by atoms with Crippen molar-refractivity contribution in [2.45, 2.75) is 13.5 Å². The number of hydrogen-bond donors (Lipinski definition) is 1. The van der Waals surface area contributed by atoms with Crippen LogP contribution in [0.3, 0.4) is 0 Å². The molecule has 0 spiro atoms. The highest BCUT2D eigenvalue weighted by molar-refractivity contribution is 7.92. The van der Waals surface area contributed by atoms with Gasteiger partial charge in [0.25, 0.3) is 5.91 Å². The Hall–Kier alpha value is -2.74. The van der Waals surface area contributed by atoms with E-state index in [1.54, 1.807) is 66.7 Å². The van der Waals surface area contributed by atoms with Crippen LogP contribution in [0.25, 0.3) is 0 Å². The molecule has 0 aliphatic rings. The van der Waals surface area contributed by atoms with E-state index in [9.17, 15) is 13.2 Å². The van der Waals surface area contributed by atoms with Gasteiger partial charge in [-0.05, 0) is 72.6 Å². The third kappa shape index (κ3) is 7.12. The molecule has 0 fully saturated rings. The second-order valence-corrected chi connectivity index (χ2v) is 10.2. The standard InChI is InChI=1S/C24H24Cl2N2O4S/c1-17-15-21(26)9-12-23(17)28(33(2,30)31)16-18-3-5-19(6-4-18)24(29)27-13-14-32-22-10-7-20(25)8-11-22/h3-12,15H,13-14,16H2,1-2H3,(H,27,29). The molecule has 9 heteroatoms. The van der Waals surface area contributed by atoms with Crippen LogP contribution in [0.1, 0.15) is 21.5 Å². The van der Waals surface area contributed by atoms with Gasteiger partial charge in [-0.3, -0.25) is 9.10 Å². The molecular formula is C24H24Cl2N2O4S. The number of hydrogen-bond acceptors (Lipinski definition) is 4. The maximum absolute atomic E-state index is 12.4. The highest BCUT2D eigenvalue weighted by Crippen LogP contribution is 2.27. The summed E-state index contributed by atoms with van der Waals surface area (Å²) in [4.78, 5) is 12.4. The van der Waals surface area contributed by atoms with E-state index in [0.717, 1.165) is 17.4 Å². The number of ether oxygens (including phenoxy) is 1. The highest BCUT2D eigenvalue weighted by atomic mass is 35.5. The van der Waals surface area contributed by atoms with Gasteiger partial charge in [-0.1, -0.05) is 35.3 Å². The van der Waals surface area contributed by atoms with Gasteiger partial charge in [-0.2, -0.15) is 0 Å². The van der Waals surface area contributed by atoms with Crippen molar-refractivity contribution in [2.24, 2.45) is 0 Å². The SMILES string of the molecule is Cc1cc(Cl)ccc1N(Cc1ccc(C(=O)NCCOc2ccc(Cl)cc2)cc1)S(C)(=O)=O. The van der Waals surface area contributed by atoms with Gasteiger partial charge in [0.15, 0.2) is 0 Å². The minimum atomic E-state index is -3.53. The Balaban J connectivity index is 1.59. The topological polar surface area (TPSA) is 75.7 Å². The molecule has 0 radical (unpaired) electrons. The van der Waals surface area contributed by atoms with E-state index in [-0.39, 0.29) is 12.5 Å². The first-order valence-electron chi connectivity index (χ1n) is 10.1. The minimum absolute atomic E-state index is 0.137. The monoisotopic (exact) mass is 506 g/mol. The number of sulfonamides is 1. The molecule has 0 aliphatic carbocycles. The molecular weight excluding hydrogens is 483 g/mol. The molecule has 0 bridgehead atoms. The molecule has 0 aromatic heterocycles. The van der Waals surface area contributed by atoms with E-state index in [1.165, 1.54) is 4.31 Å². The van der Waals surface area contributed by atoms with Gasteiger partial charge in [-0.15, -0.1) is 0 Å². The lowest BCUT2D eigenvalue weighted by Gasteiger charge is -2.24. The fraction of sp³-hybridized carbons (Fsp3) is 0.208. The number of carbonyl (C=O) groups is 1. The Morgan fingerprint density at radius 2 is 1.61 bits per heavy atom. The number of amides is 1. The summed E-state index contributed by atoms with van der Waals surface area (Å²) in [6.07, 6.45) is 1.16. The van der Waals surface area contributed by atoms with Gasteiger partial charge in [0.05, 0.1) is 25.0 Å². The van der Waals surface area contributed by atoms with E-state index < -0.39 is 10.0 Å². The summed E-state index contributed by atoms with van der Waals surface area (Å²) >= 11 is 11.8. The van der Waals surface area contributed by atoms with E-state index in [1.807, 2.05) is 6.92 Å². The number of benzene rings is 3. The Kier molecular flexibility index (Phi) is 8.24. The molecule has 1 N–H and O–H groups in total. The summed E-state index contributed by atoms with van der Waals surface area (Å²) in [7, 11) is -3.53. The number of halogens is 2. The van der Waals surface area contributed by atoms with Crippen molar-refractivity contribution < 1.29 is 17.9 Å². The van der Waals surface area contributed by atoms with Crippen LogP contribution in [0, 0.1) is 6.92 Å².